The van der Waals surface area contributed by atoms with E-state index in [0.717, 1.165) is 19.3 Å². The Morgan fingerprint density at radius 1 is 1.00 bits per heavy atom. The van der Waals surface area contributed by atoms with Gasteiger partial charge in [0.2, 0.25) is 0 Å². The van der Waals surface area contributed by atoms with Crippen LogP contribution in [0.25, 0.3) is 0 Å². The summed E-state index contributed by atoms with van der Waals surface area (Å²) < 4.78 is 10.6. The molecule has 2 N–H and O–H groups in total. The lowest BCUT2D eigenvalue weighted by Gasteiger charge is -2.62. The van der Waals surface area contributed by atoms with Crippen LogP contribution in [-0.4, -0.2) is 40.9 Å². The van der Waals surface area contributed by atoms with E-state index >= 15 is 0 Å². The van der Waals surface area contributed by atoms with Gasteiger partial charge in [0.25, 0.3) is 0 Å². The van der Waals surface area contributed by atoms with E-state index in [1.807, 2.05) is 0 Å². The molecule has 0 saturated heterocycles. The zero-order chi connectivity index (χ0) is 18.6. The number of hydrogen-bond acceptors (Lipinski definition) is 5. The second-order valence-corrected chi connectivity index (χ2v) is 9.60. The quantitative estimate of drug-likeness (QED) is 0.623. The van der Waals surface area contributed by atoms with Gasteiger partial charge in [-0.1, -0.05) is 0 Å². The van der Waals surface area contributed by atoms with Crippen molar-refractivity contribution in [1.82, 2.24) is 4.90 Å². The van der Waals surface area contributed by atoms with Crippen LogP contribution in [0.1, 0.15) is 66.2 Å². The average Bonchev–Trinajstić information content (AvgIpc) is 2.43. The molecule has 0 aliphatic heterocycles. The van der Waals surface area contributed by atoms with E-state index in [4.69, 9.17) is 15.2 Å². The summed E-state index contributed by atoms with van der Waals surface area (Å²) >= 11 is 0. The number of nitrogens with two attached hydrogens (primary N) is 1. The lowest BCUT2D eigenvalue weighted by atomic mass is 9.52. The molecule has 4 fully saturated rings. The summed E-state index contributed by atoms with van der Waals surface area (Å²) in [5.41, 5.74) is 3.86. The van der Waals surface area contributed by atoms with Crippen LogP contribution in [0.3, 0.4) is 0 Å². The molecule has 4 saturated carbocycles. The molecule has 4 aliphatic carbocycles. The van der Waals surface area contributed by atoms with Crippen molar-refractivity contribution in [3.63, 3.8) is 0 Å². The molecule has 1 amide bonds. The zero-order valence-electron chi connectivity index (χ0n) is 16.1. The minimum Gasteiger partial charge on any atom is -0.457 e. The topological polar surface area (TPSA) is 81.9 Å². The van der Waals surface area contributed by atoms with Gasteiger partial charge < -0.3 is 9.47 Å². The Labute approximate surface area is 150 Å². The molecule has 25 heavy (non-hydrogen) atoms. The van der Waals surface area contributed by atoms with Gasteiger partial charge in [-0.05, 0) is 84.0 Å². The number of carbonyl (C=O) groups excluding carboxylic acids is 2. The van der Waals surface area contributed by atoms with E-state index in [0.29, 0.717) is 17.8 Å². The number of hydrogen-bond donors (Lipinski definition) is 1. The maximum atomic E-state index is 12.8. The normalized spacial score (nSPS) is 35.8. The van der Waals surface area contributed by atoms with Crippen LogP contribution in [0.2, 0.25) is 0 Å². The maximum Gasteiger partial charge on any atom is 0.411 e. The van der Waals surface area contributed by atoms with Gasteiger partial charge in [-0.3, -0.25) is 10.6 Å². The molecule has 6 nitrogen and oxygen atoms in total. The Morgan fingerprint density at radius 3 is 1.80 bits per heavy atom. The summed E-state index contributed by atoms with van der Waals surface area (Å²) in [6.07, 6.45) is 5.90. The number of nitrogens with zero attached hydrogens (tertiary/aromatic N) is 1. The molecule has 0 unspecified atom stereocenters. The van der Waals surface area contributed by atoms with Crippen LogP contribution in [0.5, 0.6) is 0 Å². The fraction of sp³-hybridized carbons (Fsp3) is 0.895. The Hall–Kier alpha value is -1.30. The molecule has 0 aromatic rings. The molecular formula is C19H32N2O4. The summed E-state index contributed by atoms with van der Waals surface area (Å²) in [6.45, 7) is 6.98. The molecule has 4 rings (SSSR count). The lowest BCUT2D eigenvalue weighted by Crippen LogP contribution is -2.73. The highest BCUT2D eigenvalue weighted by molar-refractivity contribution is 5.85. The van der Waals surface area contributed by atoms with Crippen LogP contribution in [0, 0.1) is 17.8 Å². The van der Waals surface area contributed by atoms with E-state index in [9.17, 15) is 9.59 Å². The van der Waals surface area contributed by atoms with Gasteiger partial charge in [0.05, 0.1) is 7.11 Å². The molecule has 1 atom stereocenters. The zero-order valence-corrected chi connectivity index (χ0v) is 16.1. The van der Waals surface area contributed by atoms with Crippen molar-refractivity contribution in [2.24, 2.45) is 23.5 Å². The molecule has 142 valence electrons. The van der Waals surface area contributed by atoms with Crippen molar-refractivity contribution >= 4 is 12.1 Å². The van der Waals surface area contributed by atoms with Gasteiger partial charge in [-0.2, -0.15) is 0 Å². The lowest BCUT2D eigenvalue weighted by molar-refractivity contribution is -0.179. The summed E-state index contributed by atoms with van der Waals surface area (Å²) in [7, 11) is 1.35. The Balaban J connectivity index is 1.95. The van der Waals surface area contributed by atoms with Crippen molar-refractivity contribution in [3.05, 3.63) is 0 Å². The van der Waals surface area contributed by atoms with E-state index in [1.165, 1.54) is 31.3 Å². The molecule has 0 aromatic carbocycles. The third-order valence-corrected chi connectivity index (χ3v) is 6.11. The van der Waals surface area contributed by atoms with Crippen molar-refractivity contribution in [3.8, 4) is 0 Å². The van der Waals surface area contributed by atoms with Gasteiger partial charge in [0.1, 0.15) is 5.60 Å². The number of ether oxygens (including phenoxy) is 2. The van der Waals surface area contributed by atoms with Crippen LogP contribution in [0.4, 0.5) is 4.79 Å². The Morgan fingerprint density at radius 2 is 1.44 bits per heavy atom. The first-order valence-electron chi connectivity index (χ1n) is 9.37. The average molecular weight is 352 g/mol. The van der Waals surface area contributed by atoms with Gasteiger partial charge in [-0.25, -0.2) is 9.59 Å². The minimum atomic E-state index is -1.55. The second-order valence-electron chi connectivity index (χ2n) is 9.60. The van der Waals surface area contributed by atoms with Crippen molar-refractivity contribution < 1.29 is 19.1 Å². The van der Waals surface area contributed by atoms with Gasteiger partial charge >= 0.3 is 12.1 Å². The van der Waals surface area contributed by atoms with Crippen molar-refractivity contribution in [1.29, 1.82) is 0 Å². The highest BCUT2D eigenvalue weighted by Gasteiger charge is 2.60. The van der Waals surface area contributed by atoms with Crippen LogP contribution in [-0.2, 0) is 14.3 Å². The maximum absolute atomic E-state index is 12.8. The monoisotopic (exact) mass is 352 g/mol. The highest BCUT2D eigenvalue weighted by Crippen LogP contribution is 2.58. The molecule has 4 aliphatic rings. The van der Waals surface area contributed by atoms with E-state index in [-0.39, 0.29) is 5.54 Å². The van der Waals surface area contributed by atoms with Gasteiger partial charge in [-0.15, -0.1) is 0 Å². The molecule has 0 spiro atoms. The first-order valence-corrected chi connectivity index (χ1v) is 9.37. The standard InChI is InChI=1S/C19H32N2O4/c1-17(2,3)25-15(22)18(4,20)21(16(23)24-5)19-9-12-6-13(10-19)8-14(7-12)11-19/h12-14H,6-11,20H2,1-5H3/t12?,13?,14?,18-,19?/m1/s1. The van der Waals surface area contributed by atoms with Gasteiger partial charge in [0, 0.05) is 5.54 Å². The summed E-state index contributed by atoms with van der Waals surface area (Å²) in [5, 5.41) is 0. The molecule has 6 heteroatoms. The first kappa shape index (κ1) is 18.5. The van der Waals surface area contributed by atoms with Crippen LogP contribution in [0.15, 0.2) is 0 Å². The molecule has 0 aromatic heterocycles. The number of rotatable bonds is 3. The summed E-state index contributed by atoms with van der Waals surface area (Å²) in [4.78, 5) is 27.1. The van der Waals surface area contributed by atoms with E-state index < -0.39 is 23.3 Å². The molecule has 0 radical (unpaired) electrons. The smallest absolute Gasteiger partial charge is 0.411 e. The Bertz CT molecular complexity index is 529. The van der Waals surface area contributed by atoms with Gasteiger partial charge in [0.15, 0.2) is 5.66 Å². The fourth-order valence-electron chi connectivity index (χ4n) is 5.78. The first-order chi connectivity index (χ1) is 11.5. The number of methoxy groups -OCH3 is 1. The number of carbonyl (C=O) groups is 2. The third-order valence-electron chi connectivity index (χ3n) is 6.11. The largest absolute Gasteiger partial charge is 0.457 e. The Kier molecular flexibility index (Phi) is 4.34. The predicted octanol–water partition coefficient (Wildman–Crippen LogP) is 3.04. The fourth-order valence-corrected chi connectivity index (χ4v) is 5.78. The molecule has 4 bridgehead atoms. The number of amides is 1. The second kappa shape index (κ2) is 5.86. The molecule has 0 heterocycles. The van der Waals surface area contributed by atoms with Crippen LogP contribution >= 0.6 is 0 Å². The number of esters is 1. The summed E-state index contributed by atoms with van der Waals surface area (Å²) in [6, 6.07) is 0. The van der Waals surface area contributed by atoms with E-state index in [1.54, 1.807) is 27.7 Å². The summed E-state index contributed by atoms with van der Waals surface area (Å²) in [5.74, 6) is 1.27. The molecular weight excluding hydrogens is 320 g/mol. The third kappa shape index (κ3) is 3.25. The highest BCUT2D eigenvalue weighted by atomic mass is 16.6. The van der Waals surface area contributed by atoms with E-state index in [2.05, 4.69) is 0 Å². The van der Waals surface area contributed by atoms with Crippen molar-refractivity contribution in [2.75, 3.05) is 7.11 Å². The predicted molar refractivity (Wildman–Crippen MR) is 93.6 cm³/mol. The minimum absolute atomic E-state index is 0.387. The van der Waals surface area contributed by atoms with Crippen LogP contribution < -0.4 is 5.73 Å². The SMILES string of the molecule is COC(=O)N(C12CC3CC(CC(C3)C1)C2)[C@@](C)(N)C(=O)OC(C)(C)C. The van der Waals surface area contributed by atoms with Crippen molar-refractivity contribution in [2.45, 2.75) is 83.0 Å².